The summed E-state index contributed by atoms with van der Waals surface area (Å²) in [5, 5.41) is 3.44. The second-order valence-corrected chi connectivity index (χ2v) is 3.49. The van der Waals surface area contributed by atoms with Gasteiger partial charge in [0.25, 0.3) is 0 Å². The highest BCUT2D eigenvalue weighted by molar-refractivity contribution is 4.86. The van der Waals surface area contributed by atoms with Crippen LogP contribution in [0.2, 0.25) is 0 Å². The lowest BCUT2D eigenvalue weighted by Crippen LogP contribution is -2.44. The Kier molecular flexibility index (Phi) is 3.98. The van der Waals surface area contributed by atoms with Crippen LogP contribution in [0.4, 0.5) is 0 Å². The van der Waals surface area contributed by atoms with E-state index < -0.39 is 0 Å². The topological polar surface area (TPSA) is 30.5 Å². The molecule has 0 spiro atoms. The van der Waals surface area contributed by atoms with Gasteiger partial charge in [0.05, 0.1) is 13.2 Å². The molecular weight excluding hydrogens is 154 g/mol. The van der Waals surface area contributed by atoms with E-state index in [9.17, 15) is 0 Å². The van der Waals surface area contributed by atoms with Gasteiger partial charge >= 0.3 is 0 Å². The number of rotatable bonds is 5. The summed E-state index contributed by atoms with van der Waals surface area (Å²) in [6.45, 7) is 8.46. The molecule has 1 rings (SSSR count). The molecule has 0 aliphatic carbocycles. The zero-order valence-electron chi connectivity index (χ0n) is 8.06. The molecule has 1 unspecified atom stereocenters. The Balaban J connectivity index is 2.05. The fourth-order valence-corrected chi connectivity index (χ4v) is 1.38. The fraction of sp³-hybridized carbons (Fsp3) is 1.00. The lowest BCUT2D eigenvalue weighted by Gasteiger charge is -2.23. The molecule has 1 saturated heterocycles. The molecule has 0 aromatic heterocycles. The third-order valence-corrected chi connectivity index (χ3v) is 2.22. The van der Waals surface area contributed by atoms with Crippen molar-refractivity contribution in [2.24, 2.45) is 0 Å². The Morgan fingerprint density at radius 3 is 3.00 bits per heavy atom. The Morgan fingerprint density at radius 2 is 2.42 bits per heavy atom. The summed E-state index contributed by atoms with van der Waals surface area (Å²) in [5.74, 6) is 0. The number of nitrogens with one attached hydrogen (secondary N) is 1. The van der Waals surface area contributed by atoms with E-state index in [0.717, 1.165) is 39.4 Å². The van der Waals surface area contributed by atoms with Crippen LogP contribution >= 0.6 is 0 Å². The summed E-state index contributed by atoms with van der Waals surface area (Å²) < 4.78 is 10.5. The minimum atomic E-state index is 0.192. The maximum absolute atomic E-state index is 5.31. The molecule has 1 heterocycles. The molecule has 1 atom stereocenters. The summed E-state index contributed by atoms with van der Waals surface area (Å²) >= 11 is 0. The molecule has 1 N–H and O–H groups in total. The van der Waals surface area contributed by atoms with Gasteiger partial charge in [-0.2, -0.15) is 0 Å². The molecule has 0 radical (unpaired) electrons. The molecule has 1 aliphatic heterocycles. The molecule has 72 valence electrons. The van der Waals surface area contributed by atoms with Crippen LogP contribution in [0.5, 0.6) is 0 Å². The largest absolute Gasteiger partial charge is 0.380 e. The van der Waals surface area contributed by atoms with Gasteiger partial charge in [0, 0.05) is 25.3 Å². The first-order valence-electron chi connectivity index (χ1n) is 4.67. The van der Waals surface area contributed by atoms with Gasteiger partial charge < -0.3 is 14.8 Å². The fourth-order valence-electron chi connectivity index (χ4n) is 1.38. The zero-order chi connectivity index (χ0) is 8.86. The second kappa shape index (κ2) is 4.80. The van der Waals surface area contributed by atoms with E-state index >= 15 is 0 Å². The lowest BCUT2D eigenvalue weighted by atomic mass is 10.0. The quantitative estimate of drug-likeness (QED) is 0.624. The van der Waals surface area contributed by atoms with E-state index in [-0.39, 0.29) is 5.54 Å². The third kappa shape index (κ3) is 3.09. The first-order valence-corrected chi connectivity index (χ1v) is 4.67. The SMILES string of the molecule is CCOCCNC1(C)CCOC1. The Hall–Kier alpha value is -0.120. The highest BCUT2D eigenvalue weighted by atomic mass is 16.5. The van der Waals surface area contributed by atoms with Crippen molar-refractivity contribution >= 4 is 0 Å². The van der Waals surface area contributed by atoms with Crippen LogP contribution in [-0.2, 0) is 9.47 Å². The Labute approximate surface area is 74.4 Å². The van der Waals surface area contributed by atoms with E-state index in [0.29, 0.717) is 0 Å². The van der Waals surface area contributed by atoms with Crippen LogP contribution in [0, 0.1) is 0 Å². The average molecular weight is 173 g/mol. The summed E-state index contributed by atoms with van der Waals surface area (Å²) in [7, 11) is 0. The molecule has 0 saturated carbocycles. The maximum Gasteiger partial charge on any atom is 0.0646 e. The molecule has 3 nitrogen and oxygen atoms in total. The van der Waals surface area contributed by atoms with Crippen molar-refractivity contribution in [1.29, 1.82) is 0 Å². The van der Waals surface area contributed by atoms with Crippen molar-refractivity contribution in [3.8, 4) is 0 Å². The molecule has 0 amide bonds. The zero-order valence-corrected chi connectivity index (χ0v) is 8.06. The normalized spacial score (nSPS) is 29.5. The molecule has 1 fully saturated rings. The van der Waals surface area contributed by atoms with Crippen LogP contribution in [0.25, 0.3) is 0 Å². The van der Waals surface area contributed by atoms with E-state index in [1.165, 1.54) is 0 Å². The van der Waals surface area contributed by atoms with E-state index in [4.69, 9.17) is 9.47 Å². The van der Waals surface area contributed by atoms with Crippen molar-refractivity contribution in [3.05, 3.63) is 0 Å². The molecule has 0 aromatic carbocycles. The predicted octanol–water partition coefficient (Wildman–Crippen LogP) is 0.791. The van der Waals surface area contributed by atoms with Crippen molar-refractivity contribution in [2.75, 3.05) is 33.0 Å². The Bertz CT molecular complexity index is 122. The van der Waals surface area contributed by atoms with Crippen LogP contribution < -0.4 is 5.32 Å². The van der Waals surface area contributed by atoms with Crippen LogP contribution in [0.15, 0.2) is 0 Å². The molecule has 0 aromatic rings. The summed E-state index contributed by atoms with van der Waals surface area (Å²) in [4.78, 5) is 0. The first kappa shape index (κ1) is 9.96. The molecule has 1 aliphatic rings. The highest BCUT2D eigenvalue weighted by Crippen LogP contribution is 2.16. The van der Waals surface area contributed by atoms with Crippen LogP contribution in [0.3, 0.4) is 0 Å². The summed E-state index contributed by atoms with van der Waals surface area (Å²) in [6.07, 6.45) is 1.11. The molecule has 12 heavy (non-hydrogen) atoms. The highest BCUT2D eigenvalue weighted by Gasteiger charge is 2.28. The second-order valence-electron chi connectivity index (χ2n) is 3.49. The monoisotopic (exact) mass is 173 g/mol. The standard InChI is InChI=1S/C9H19NO2/c1-3-11-7-5-10-9(2)4-6-12-8-9/h10H,3-8H2,1-2H3. The first-order chi connectivity index (χ1) is 5.77. The van der Waals surface area contributed by atoms with Crippen molar-refractivity contribution < 1.29 is 9.47 Å². The van der Waals surface area contributed by atoms with Gasteiger partial charge in [-0.25, -0.2) is 0 Å². The maximum atomic E-state index is 5.31. The van der Waals surface area contributed by atoms with Gasteiger partial charge in [0.1, 0.15) is 0 Å². The molecule has 0 bridgehead atoms. The van der Waals surface area contributed by atoms with Gasteiger partial charge in [-0.15, -0.1) is 0 Å². The Morgan fingerprint density at radius 1 is 1.58 bits per heavy atom. The van der Waals surface area contributed by atoms with Gasteiger partial charge in [0.15, 0.2) is 0 Å². The molecular formula is C9H19NO2. The van der Waals surface area contributed by atoms with Crippen LogP contribution in [0.1, 0.15) is 20.3 Å². The van der Waals surface area contributed by atoms with Gasteiger partial charge in [-0.1, -0.05) is 0 Å². The number of hydrogen-bond acceptors (Lipinski definition) is 3. The number of ether oxygens (including phenoxy) is 2. The minimum absolute atomic E-state index is 0.192. The van der Waals surface area contributed by atoms with E-state index in [2.05, 4.69) is 12.2 Å². The predicted molar refractivity (Wildman–Crippen MR) is 48.3 cm³/mol. The van der Waals surface area contributed by atoms with Gasteiger partial charge in [0.2, 0.25) is 0 Å². The third-order valence-electron chi connectivity index (χ3n) is 2.22. The summed E-state index contributed by atoms with van der Waals surface area (Å²) in [5.41, 5.74) is 0.192. The molecule has 3 heteroatoms. The number of hydrogen-bond donors (Lipinski definition) is 1. The van der Waals surface area contributed by atoms with E-state index in [1.807, 2.05) is 6.92 Å². The van der Waals surface area contributed by atoms with Crippen LogP contribution in [-0.4, -0.2) is 38.5 Å². The minimum Gasteiger partial charge on any atom is -0.380 e. The van der Waals surface area contributed by atoms with E-state index in [1.54, 1.807) is 0 Å². The van der Waals surface area contributed by atoms with Gasteiger partial charge in [-0.05, 0) is 20.3 Å². The average Bonchev–Trinajstić information content (AvgIpc) is 2.47. The van der Waals surface area contributed by atoms with Crippen molar-refractivity contribution in [2.45, 2.75) is 25.8 Å². The smallest absolute Gasteiger partial charge is 0.0646 e. The van der Waals surface area contributed by atoms with Crippen molar-refractivity contribution in [1.82, 2.24) is 5.32 Å². The lowest BCUT2D eigenvalue weighted by molar-refractivity contribution is 0.133. The van der Waals surface area contributed by atoms with Crippen molar-refractivity contribution in [3.63, 3.8) is 0 Å². The summed E-state index contributed by atoms with van der Waals surface area (Å²) in [6, 6.07) is 0. The van der Waals surface area contributed by atoms with Gasteiger partial charge in [-0.3, -0.25) is 0 Å².